The third-order valence-corrected chi connectivity index (χ3v) is 3.33. The lowest BCUT2D eigenvalue weighted by Crippen LogP contribution is -2.48. The molecule has 0 aliphatic carbocycles. The number of benzene rings is 1. The Labute approximate surface area is 117 Å². The zero-order valence-corrected chi connectivity index (χ0v) is 11.6. The molecule has 6 heteroatoms. The first-order valence-electron chi connectivity index (χ1n) is 6.48. The van der Waals surface area contributed by atoms with Crippen LogP contribution < -0.4 is 5.43 Å². The number of aromatic carboxylic acids is 1. The van der Waals surface area contributed by atoms with E-state index in [0.29, 0.717) is 37.4 Å². The Kier molecular flexibility index (Phi) is 4.36. The van der Waals surface area contributed by atoms with Crippen LogP contribution in [0.2, 0.25) is 0 Å². The van der Waals surface area contributed by atoms with Crippen LogP contribution in [0.3, 0.4) is 0 Å². The molecule has 0 unspecified atom stereocenters. The molecule has 6 nitrogen and oxygen atoms in total. The summed E-state index contributed by atoms with van der Waals surface area (Å²) < 4.78 is 5.20. The van der Waals surface area contributed by atoms with Gasteiger partial charge in [-0.1, -0.05) is 12.1 Å². The summed E-state index contributed by atoms with van der Waals surface area (Å²) in [6.45, 7) is 5.73. The summed E-state index contributed by atoms with van der Waals surface area (Å²) in [5.41, 5.74) is 4.27. The van der Waals surface area contributed by atoms with E-state index >= 15 is 0 Å². The van der Waals surface area contributed by atoms with Crippen LogP contribution in [-0.2, 0) is 4.74 Å². The van der Waals surface area contributed by atoms with Crippen molar-refractivity contribution in [1.29, 1.82) is 0 Å². The Hall–Kier alpha value is -1.92. The molecule has 1 aromatic rings. The number of nitrogens with zero attached hydrogens (tertiary/aromatic N) is 1. The molecule has 1 heterocycles. The van der Waals surface area contributed by atoms with Gasteiger partial charge in [0, 0.05) is 13.1 Å². The molecular weight excluding hydrogens is 260 g/mol. The molecule has 108 valence electrons. The average Bonchev–Trinajstić information content (AvgIpc) is 2.41. The smallest absolute Gasteiger partial charge is 0.336 e. The number of hydrogen-bond acceptors (Lipinski definition) is 4. The summed E-state index contributed by atoms with van der Waals surface area (Å²) in [5, 5.41) is 11.1. The molecule has 1 aromatic carbocycles. The first-order valence-corrected chi connectivity index (χ1v) is 6.48. The van der Waals surface area contributed by atoms with Crippen LogP contribution in [-0.4, -0.2) is 48.3 Å². The Balaban J connectivity index is 2.28. The van der Waals surface area contributed by atoms with Gasteiger partial charge >= 0.3 is 5.97 Å². The number of carbonyl (C=O) groups excluding carboxylic acids is 1. The largest absolute Gasteiger partial charge is 0.478 e. The van der Waals surface area contributed by atoms with Gasteiger partial charge in [-0.05, 0) is 25.0 Å². The quantitative estimate of drug-likeness (QED) is 0.861. The maximum Gasteiger partial charge on any atom is 0.336 e. The maximum absolute atomic E-state index is 12.4. The van der Waals surface area contributed by atoms with Crippen LogP contribution in [0.1, 0.15) is 31.8 Å². The fourth-order valence-electron chi connectivity index (χ4n) is 2.25. The van der Waals surface area contributed by atoms with Gasteiger partial charge in [0.2, 0.25) is 0 Å². The van der Waals surface area contributed by atoms with E-state index in [0.717, 1.165) is 0 Å². The third kappa shape index (κ3) is 2.97. The number of carbonyl (C=O) groups is 2. The molecule has 1 amide bonds. The summed E-state index contributed by atoms with van der Waals surface area (Å²) in [7, 11) is 0. The van der Waals surface area contributed by atoms with E-state index in [2.05, 4.69) is 5.43 Å². The van der Waals surface area contributed by atoms with Gasteiger partial charge in [-0.3, -0.25) is 10.2 Å². The van der Waals surface area contributed by atoms with E-state index in [4.69, 9.17) is 4.74 Å². The summed E-state index contributed by atoms with van der Waals surface area (Å²) in [6, 6.07) is 3.47. The fourth-order valence-corrected chi connectivity index (χ4v) is 2.25. The van der Waals surface area contributed by atoms with Gasteiger partial charge in [0.05, 0.1) is 24.3 Å². The number of morpholine rings is 1. The average molecular weight is 278 g/mol. The number of rotatable bonds is 3. The van der Waals surface area contributed by atoms with Gasteiger partial charge < -0.3 is 9.84 Å². The second-order valence-electron chi connectivity index (χ2n) is 4.79. The van der Waals surface area contributed by atoms with Crippen LogP contribution in [0, 0.1) is 13.8 Å². The minimum Gasteiger partial charge on any atom is -0.478 e. The topological polar surface area (TPSA) is 78.9 Å². The highest BCUT2D eigenvalue weighted by atomic mass is 16.5. The van der Waals surface area contributed by atoms with E-state index in [1.54, 1.807) is 31.0 Å². The predicted molar refractivity (Wildman–Crippen MR) is 72.7 cm³/mol. The molecule has 20 heavy (non-hydrogen) atoms. The van der Waals surface area contributed by atoms with Crippen LogP contribution >= 0.6 is 0 Å². The SMILES string of the molecule is Cc1ccc(C)c(C(=O)NN2CCOCC2)c1C(=O)O. The van der Waals surface area contributed by atoms with E-state index in [1.165, 1.54) is 0 Å². The zero-order chi connectivity index (χ0) is 14.7. The van der Waals surface area contributed by atoms with Crippen molar-refractivity contribution in [2.75, 3.05) is 26.3 Å². The van der Waals surface area contributed by atoms with Crippen molar-refractivity contribution in [2.45, 2.75) is 13.8 Å². The molecular formula is C14H18N2O4. The Bertz CT molecular complexity index is 536. The van der Waals surface area contributed by atoms with Crippen molar-refractivity contribution in [1.82, 2.24) is 10.4 Å². The molecule has 1 aliphatic rings. The van der Waals surface area contributed by atoms with Gasteiger partial charge in [0.25, 0.3) is 5.91 Å². The summed E-state index contributed by atoms with van der Waals surface area (Å²) in [6.07, 6.45) is 0. The van der Waals surface area contributed by atoms with E-state index in [1.807, 2.05) is 0 Å². The monoisotopic (exact) mass is 278 g/mol. The predicted octanol–water partition coefficient (Wildman–Crippen LogP) is 0.979. The van der Waals surface area contributed by atoms with Crippen LogP contribution in [0.5, 0.6) is 0 Å². The number of nitrogens with one attached hydrogen (secondary N) is 1. The molecule has 2 rings (SSSR count). The second-order valence-corrected chi connectivity index (χ2v) is 4.79. The Morgan fingerprint density at radius 2 is 1.70 bits per heavy atom. The van der Waals surface area contributed by atoms with Crippen molar-refractivity contribution in [3.05, 3.63) is 34.4 Å². The first-order chi connectivity index (χ1) is 9.50. The number of ether oxygens (including phenoxy) is 1. The normalized spacial score (nSPS) is 15.9. The highest BCUT2D eigenvalue weighted by molar-refractivity contribution is 6.06. The van der Waals surface area contributed by atoms with E-state index in [-0.39, 0.29) is 17.0 Å². The van der Waals surface area contributed by atoms with Crippen molar-refractivity contribution in [3.63, 3.8) is 0 Å². The Morgan fingerprint density at radius 3 is 2.25 bits per heavy atom. The lowest BCUT2D eigenvalue weighted by Gasteiger charge is -2.27. The molecule has 2 N–H and O–H groups in total. The third-order valence-electron chi connectivity index (χ3n) is 3.33. The van der Waals surface area contributed by atoms with Gasteiger partial charge in [-0.15, -0.1) is 0 Å². The van der Waals surface area contributed by atoms with E-state index < -0.39 is 5.97 Å². The number of hydrazine groups is 1. The van der Waals surface area contributed by atoms with Crippen LogP contribution in [0.4, 0.5) is 0 Å². The van der Waals surface area contributed by atoms with Gasteiger partial charge in [0.1, 0.15) is 0 Å². The van der Waals surface area contributed by atoms with Gasteiger partial charge in [-0.25, -0.2) is 9.80 Å². The van der Waals surface area contributed by atoms with Crippen molar-refractivity contribution < 1.29 is 19.4 Å². The van der Waals surface area contributed by atoms with Crippen molar-refractivity contribution in [3.8, 4) is 0 Å². The molecule has 0 radical (unpaired) electrons. The summed E-state index contributed by atoms with van der Waals surface area (Å²) in [5.74, 6) is -1.47. The lowest BCUT2D eigenvalue weighted by molar-refractivity contribution is 0.0125. The maximum atomic E-state index is 12.4. The standard InChI is InChI=1S/C14H18N2O4/c1-9-3-4-10(2)12(14(18)19)11(9)13(17)15-16-5-7-20-8-6-16/h3-4H,5-8H2,1-2H3,(H,15,17)(H,18,19). The number of aryl methyl sites for hydroxylation is 2. The number of carboxylic acid groups (broad SMARTS) is 1. The fraction of sp³-hybridized carbons (Fsp3) is 0.429. The molecule has 0 spiro atoms. The highest BCUT2D eigenvalue weighted by Crippen LogP contribution is 2.19. The first kappa shape index (κ1) is 14.5. The summed E-state index contributed by atoms with van der Waals surface area (Å²) in [4.78, 5) is 23.7. The zero-order valence-electron chi connectivity index (χ0n) is 11.6. The molecule has 0 atom stereocenters. The summed E-state index contributed by atoms with van der Waals surface area (Å²) >= 11 is 0. The van der Waals surface area contributed by atoms with Crippen LogP contribution in [0.25, 0.3) is 0 Å². The molecule has 0 saturated carbocycles. The number of hydrogen-bond donors (Lipinski definition) is 2. The second kappa shape index (κ2) is 6.02. The minimum atomic E-state index is -1.08. The number of amides is 1. The highest BCUT2D eigenvalue weighted by Gasteiger charge is 2.23. The molecule has 0 bridgehead atoms. The molecule has 1 fully saturated rings. The number of carboxylic acids is 1. The van der Waals surface area contributed by atoms with Gasteiger partial charge in [0.15, 0.2) is 0 Å². The van der Waals surface area contributed by atoms with Gasteiger partial charge in [-0.2, -0.15) is 0 Å². The molecule has 1 saturated heterocycles. The Morgan fingerprint density at radius 1 is 1.15 bits per heavy atom. The molecule has 0 aromatic heterocycles. The molecule has 1 aliphatic heterocycles. The minimum absolute atomic E-state index is 0.0655. The van der Waals surface area contributed by atoms with E-state index in [9.17, 15) is 14.7 Å². The van der Waals surface area contributed by atoms with Crippen molar-refractivity contribution in [2.24, 2.45) is 0 Å². The lowest BCUT2D eigenvalue weighted by atomic mass is 9.97. The van der Waals surface area contributed by atoms with Crippen molar-refractivity contribution >= 4 is 11.9 Å². The van der Waals surface area contributed by atoms with Crippen LogP contribution in [0.15, 0.2) is 12.1 Å².